The van der Waals surface area contributed by atoms with Crippen molar-refractivity contribution < 1.29 is 19.1 Å². The summed E-state index contributed by atoms with van der Waals surface area (Å²) in [6.07, 6.45) is 1.97. The summed E-state index contributed by atoms with van der Waals surface area (Å²) in [6, 6.07) is 8.49. The van der Waals surface area contributed by atoms with Crippen LogP contribution in [0.5, 0.6) is 11.6 Å². The average molecular weight is 338 g/mol. The van der Waals surface area contributed by atoms with Gasteiger partial charge in [-0.15, -0.1) is 0 Å². The number of aromatic nitrogens is 1. The van der Waals surface area contributed by atoms with Gasteiger partial charge in [-0.2, -0.15) is 0 Å². The predicted molar refractivity (Wildman–Crippen MR) is 91.5 cm³/mol. The smallest absolute Gasteiger partial charge is 0.268 e. The Labute approximate surface area is 145 Å². The van der Waals surface area contributed by atoms with Crippen LogP contribution in [0.3, 0.4) is 0 Å². The molecule has 1 aliphatic carbocycles. The molecule has 2 aliphatic rings. The average Bonchev–Trinajstić information content (AvgIpc) is 3.43. The maximum atomic E-state index is 13.0. The van der Waals surface area contributed by atoms with Gasteiger partial charge in [-0.25, -0.2) is 9.88 Å². The molecule has 2 aromatic rings. The Hall–Kier alpha value is -2.89. The zero-order valence-corrected chi connectivity index (χ0v) is 14.1. The van der Waals surface area contributed by atoms with Gasteiger partial charge in [0, 0.05) is 12.0 Å². The van der Waals surface area contributed by atoms with E-state index in [2.05, 4.69) is 4.98 Å². The molecular weight excluding hydrogens is 320 g/mol. The third-order valence-corrected chi connectivity index (χ3v) is 4.45. The van der Waals surface area contributed by atoms with E-state index in [0.717, 1.165) is 12.8 Å². The molecule has 0 bridgehead atoms. The van der Waals surface area contributed by atoms with Crippen LogP contribution in [0, 0.1) is 0 Å². The van der Waals surface area contributed by atoms with Gasteiger partial charge in [-0.1, -0.05) is 0 Å². The fourth-order valence-electron chi connectivity index (χ4n) is 3.11. The number of pyridine rings is 1. The lowest BCUT2D eigenvalue weighted by Gasteiger charge is -2.14. The van der Waals surface area contributed by atoms with E-state index in [1.807, 2.05) is 6.92 Å². The molecule has 1 saturated carbocycles. The first-order valence-corrected chi connectivity index (χ1v) is 8.34. The highest BCUT2D eigenvalue weighted by Crippen LogP contribution is 2.44. The van der Waals surface area contributed by atoms with Crippen LogP contribution >= 0.6 is 0 Å². The first-order chi connectivity index (χ1) is 12.1. The van der Waals surface area contributed by atoms with Gasteiger partial charge in [0.05, 0.1) is 36.2 Å². The number of hydrogen-bond acceptors (Lipinski definition) is 5. The zero-order valence-electron chi connectivity index (χ0n) is 14.1. The molecule has 1 aromatic heterocycles. The first kappa shape index (κ1) is 15.6. The SMILES string of the molecule is CCOc1ccc(N2C(=O)c3cc(OC)nc(C4CC4)c3C2=O)cc1. The van der Waals surface area contributed by atoms with E-state index in [1.54, 1.807) is 30.3 Å². The highest BCUT2D eigenvalue weighted by molar-refractivity contribution is 6.35. The Bertz CT molecular complexity index is 856. The number of carbonyl (C=O) groups is 2. The highest BCUT2D eigenvalue weighted by atomic mass is 16.5. The molecule has 4 rings (SSSR count). The van der Waals surface area contributed by atoms with Gasteiger partial charge in [-0.3, -0.25) is 9.59 Å². The van der Waals surface area contributed by atoms with Crippen LogP contribution in [0.2, 0.25) is 0 Å². The number of nitrogens with zero attached hydrogens (tertiary/aromatic N) is 2. The summed E-state index contributed by atoms with van der Waals surface area (Å²) in [5.74, 6) is 0.647. The Morgan fingerprint density at radius 2 is 1.88 bits per heavy atom. The van der Waals surface area contributed by atoms with E-state index in [0.29, 0.717) is 40.7 Å². The van der Waals surface area contributed by atoms with Crippen molar-refractivity contribution in [2.45, 2.75) is 25.7 Å². The van der Waals surface area contributed by atoms with E-state index in [9.17, 15) is 9.59 Å². The second-order valence-corrected chi connectivity index (χ2v) is 6.12. The molecule has 0 atom stereocenters. The minimum Gasteiger partial charge on any atom is -0.494 e. The summed E-state index contributed by atoms with van der Waals surface area (Å²) in [5, 5.41) is 0. The molecule has 6 nitrogen and oxygen atoms in total. The normalized spacial score (nSPS) is 16.2. The molecule has 1 fully saturated rings. The van der Waals surface area contributed by atoms with Crippen LogP contribution in [-0.2, 0) is 0 Å². The van der Waals surface area contributed by atoms with Gasteiger partial charge in [0.2, 0.25) is 5.88 Å². The van der Waals surface area contributed by atoms with Crippen molar-refractivity contribution >= 4 is 17.5 Å². The van der Waals surface area contributed by atoms with E-state index >= 15 is 0 Å². The largest absolute Gasteiger partial charge is 0.494 e. The lowest BCUT2D eigenvalue weighted by Crippen LogP contribution is -2.29. The van der Waals surface area contributed by atoms with Gasteiger partial charge in [-0.05, 0) is 44.0 Å². The molecule has 0 radical (unpaired) electrons. The minimum atomic E-state index is -0.341. The standard InChI is InChI=1S/C19H18N2O4/c1-3-25-13-8-6-12(7-9-13)21-18(22)14-10-15(24-2)20-17(11-4-5-11)16(14)19(21)23/h6-11H,3-5H2,1-2H3. The van der Waals surface area contributed by atoms with Gasteiger partial charge in [0.15, 0.2) is 0 Å². The van der Waals surface area contributed by atoms with Crippen molar-refractivity contribution in [1.29, 1.82) is 0 Å². The number of methoxy groups -OCH3 is 1. The quantitative estimate of drug-likeness (QED) is 0.783. The Morgan fingerprint density at radius 1 is 1.16 bits per heavy atom. The summed E-state index contributed by atoms with van der Waals surface area (Å²) in [4.78, 5) is 31.5. The molecule has 1 aromatic carbocycles. The summed E-state index contributed by atoms with van der Waals surface area (Å²) in [5.41, 5.74) is 1.99. The molecular formula is C19H18N2O4. The number of fused-ring (bicyclic) bond motifs is 1. The molecule has 0 N–H and O–H groups in total. The van der Waals surface area contributed by atoms with Crippen molar-refractivity contribution in [3.8, 4) is 11.6 Å². The number of anilines is 1. The van der Waals surface area contributed by atoms with Crippen molar-refractivity contribution in [3.05, 3.63) is 47.2 Å². The fourth-order valence-corrected chi connectivity index (χ4v) is 3.11. The molecule has 0 unspecified atom stereocenters. The van der Waals surface area contributed by atoms with Crippen molar-refractivity contribution in [1.82, 2.24) is 4.98 Å². The summed E-state index contributed by atoms with van der Waals surface area (Å²) in [6.45, 7) is 2.46. The van der Waals surface area contributed by atoms with E-state index < -0.39 is 0 Å². The molecule has 0 saturated heterocycles. The van der Waals surface area contributed by atoms with Crippen LogP contribution in [0.25, 0.3) is 0 Å². The summed E-state index contributed by atoms with van der Waals surface area (Å²) in [7, 11) is 1.51. The molecule has 0 spiro atoms. The Morgan fingerprint density at radius 3 is 2.48 bits per heavy atom. The van der Waals surface area contributed by atoms with Crippen LogP contribution in [0.1, 0.15) is 52.1 Å². The van der Waals surface area contributed by atoms with Crippen LogP contribution in [-0.4, -0.2) is 30.5 Å². The van der Waals surface area contributed by atoms with Gasteiger partial charge in [0.1, 0.15) is 5.75 Å². The number of rotatable bonds is 5. The number of amides is 2. The van der Waals surface area contributed by atoms with Crippen LogP contribution < -0.4 is 14.4 Å². The molecule has 2 amide bonds. The maximum absolute atomic E-state index is 13.0. The molecule has 1 aliphatic heterocycles. The van der Waals surface area contributed by atoms with Gasteiger partial charge in [0.25, 0.3) is 11.8 Å². The zero-order chi connectivity index (χ0) is 17.6. The Balaban J connectivity index is 1.76. The molecule has 25 heavy (non-hydrogen) atoms. The third-order valence-electron chi connectivity index (χ3n) is 4.45. The van der Waals surface area contributed by atoms with Gasteiger partial charge < -0.3 is 9.47 Å². The first-order valence-electron chi connectivity index (χ1n) is 8.34. The van der Waals surface area contributed by atoms with E-state index in [4.69, 9.17) is 9.47 Å². The lowest BCUT2D eigenvalue weighted by atomic mass is 10.1. The number of imide groups is 1. The van der Waals surface area contributed by atoms with Crippen molar-refractivity contribution in [2.75, 3.05) is 18.6 Å². The van der Waals surface area contributed by atoms with Gasteiger partial charge >= 0.3 is 0 Å². The summed E-state index contributed by atoms with van der Waals surface area (Å²) >= 11 is 0. The van der Waals surface area contributed by atoms with Crippen molar-refractivity contribution in [3.63, 3.8) is 0 Å². The third kappa shape index (κ3) is 2.54. The van der Waals surface area contributed by atoms with Crippen LogP contribution in [0.15, 0.2) is 30.3 Å². The maximum Gasteiger partial charge on any atom is 0.268 e. The minimum absolute atomic E-state index is 0.237. The molecule has 2 heterocycles. The van der Waals surface area contributed by atoms with Crippen molar-refractivity contribution in [2.24, 2.45) is 0 Å². The Kier molecular flexibility index (Phi) is 3.67. The van der Waals surface area contributed by atoms with E-state index in [-0.39, 0.29) is 17.7 Å². The fraction of sp³-hybridized carbons (Fsp3) is 0.316. The predicted octanol–water partition coefficient (Wildman–Crippen LogP) is 3.17. The van der Waals surface area contributed by atoms with Crippen LogP contribution in [0.4, 0.5) is 5.69 Å². The number of ether oxygens (including phenoxy) is 2. The number of benzene rings is 1. The summed E-state index contributed by atoms with van der Waals surface area (Å²) < 4.78 is 10.6. The topological polar surface area (TPSA) is 68.7 Å². The second kappa shape index (κ2) is 5.88. The monoisotopic (exact) mass is 338 g/mol. The second-order valence-electron chi connectivity index (χ2n) is 6.12. The number of carbonyl (C=O) groups excluding carboxylic acids is 2. The molecule has 128 valence electrons. The number of hydrogen-bond donors (Lipinski definition) is 0. The lowest BCUT2D eigenvalue weighted by molar-refractivity contribution is 0.0925. The highest BCUT2D eigenvalue weighted by Gasteiger charge is 2.43. The molecule has 6 heteroatoms. The van der Waals surface area contributed by atoms with E-state index in [1.165, 1.54) is 12.0 Å².